The Hall–Kier alpha value is -2.83. The van der Waals surface area contributed by atoms with E-state index in [2.05, 4.69) is 92.8 Å². The molecule has 1 aliphatic carbocycles. The van der Waals surface area contributed by atoms with Gasteiger partial charge in [0.2, 0.25) is 5.52 Å². The summed E-state index contributed by atoms with van der Waals surface area (Å²) in [5.41, 5.74) is 7.57. The molecule has 1 aliphatic heterocycles. The van der Waals surface area contributed by atoms with Gasteiger partial charge in [0.05, 0.1) is 21.0 Å². The maximum absolute atomic E-state index is 12.2. The van der Waals surface area contributed by atoms with Crippen molar-refractivity contribution in [2.75, 3.05) is 17.7 Å². The minimum absolute atomic E-state index is 0.146. The Morgan fingerprint density at radius 1 is 1.05 bits per heavy atom. The zero-order valence-corrected chi connectivity index (χ0v) is 24.8. The normalized spacial score (nSPS) is 19.3. The molecule has 0 N–H and O–H groups in total. The summed E-state index contributed by atoms with van der Waals surface area (Å²) in [7, 11) is -3.25. The number of hydrogen-bond donors (Lipinski definition) is 0. The van der Waals surface area contributed by atoms with Gasteiger partial charge in [-0.3, -0.25) is 0 Å². The number of allylic oxidation sites excluding steroid dienone is 4. The Labute approximate surface area is 231 Å². The molecule has 1 aromatic heterocycles. The number of fused-ring (bicyclic) bond motifs is 2. The average molecular weight is 546 g/mol. The van der Waals surface area contributed by atoms with Gasteiger partial charge in [-0.1, -0.05) is 49.4 Å². The number of anilines is 1. The van der Waals surface area contributed by atoms with Gasteiger partial charge in [0.1, 0.15) is 6.54 Å². The predicted molar refractivity (Wildman–Crippen MR) is 160 cm³/mol. The van der Waals surface area contributed by atoms with Crippen molar-refractivity contribution in [3.63, 3.8) is 0 Å². The molecule has 5 rings (SSSR count). The van der Waals surface area contributed by atoms with Gasteiger partial charge < -0.3 is 4.90 Å². The fourth-order valence-electron chi connectivity index (χ4n) is 5.67. The summed E-state index contributed by atoms with van der Waals surface area (Å²) in [6, 6.07) is 14.4. The zero-order chi connectivity index (χ0) is 27.2. The predicted octanol–water partition coefficient (Wildman–Crippen LogP) is 7.46. The Bertz CT molecular complexity index is 1630. The number of benzene rings is 2. The number of pyridine rings is 1. The van der Waals surface area contributed by atoms with Gasteiger partial charge in [-0.15, -0.1) is 0 Å². The fourth-order valence-corrected chi connectivity index (χ4v) is 7.49. The van der Waals surface area contributed by atoms with Gasteiger partial charge in [0.25, 0.3) is 0 Å². The number of thioether (sulfide) groups is 1. The summed E-state index contributed by atoms with van der Waals surface area (Å²) in [6.07, 6.45) is 12.5. The highest BCUT2D eigenvalue weighted by Gasteiger charge is 2.29. The molecule has 198 valence electrons. The molecule has 2 heterocycles. The standard InChI is InChI=1S/C32H37N2O2S2/c1-7-33-14-13-25(27-15-22(3)9-11-28(27)33)17-23-16-24(21-32(4,5)20-23)18-31-34(8-2)29-19-26(38(6,35)36)10-12-30(29)37-31/h9-19H,7-8,20-21H2,1-6H3/q+1. The molecular weight excluding hydrogens is 508 g/mol. The van der Waals surface area contributed by atoms with Crippen LogP contribution in [0.4, 0.5) is 5.69 Å². The average Bonchev–Trinajstić information content (AvgIpc) is 3.18. The maximum Gasteiger partial charge on any atom is 0.213 e. The molecule has 0 fully saturated rings. The van der Waals surface area contributed by atoms with E-state index in [0.29, 0.717) is 4.90 Å². The summed E-state index contributed by atoms with van der Waals surface area (Å²) >= 11 is 1.72. The van der Waals surface area contributed by atoms with Gasteiger partial charge in [0, 0.05) is 29.8 Å². The van der Waals surface area contributed by atoms with Crippen molar-refractivity contribution in [2.24, 2.45) is 5.41 Å². The number of aryl methyl sites for hydroxylation is 2. The van der Waals surface area contributed by atoms with Crippen LogP contribution in [0.5, 0.6) is 0 Å². The van der Waals surface area contributed by atoms with Crippen LogP contribution >= 0.6 is 11.8 Å². The molecule has 38 heavy (non-hydrogen) atoms. The zero-order valence-electron chi connectivity index (χ0n) is 23.2. The minimum atomic E-state index is -3.25. The van der Waals surface area contributed by atoms with E-state index in [1.54, 1.807) is 17.8 Å². The van der Waals surface area contributed by atoms with E-state index in [1.165, 1.54) is 39.4 Å². The number of sulfone groups is 1. The number of aromatic nitrogens is 1. The third-order valence-corrected chi connectivity index (χ3v) is 9.60. The first-order valence-corrected chi connectivity index (χ1v) is 16.0. The molecular formula is C32H37N2O2S2+. The highest BCUT2D eigenvalue weighted by molar-refractivity contribution is 8.03. The summed E-state index contributed by atoms with van der Waals surface area (Å²) < 4.78 is 26.6. The lowest BCUT2D eigenvalue weighted by Crippen LogP contribution is -2.32. The molecule has 0 amide bonds. The second kappa shape index (κ2) is 10.0. The van der Waals surface area contributed by atoms with E-state index >= 15 is 0 Å². The minimum Gasteiger partial charge on any atom is -0.335 e. The van der Waals surface area contributed by atoms with Crippen molar-refractivity contribution < 1.29 is 13.0 Å². The topological polar surface area (TPSA) is 41.3 Å². The van der Waals surface area contributed by atoms with Crippen molar-refractivity contribution in [1.29, 1.82) is 0 Å². The third kappa shape index (κ3) is 5.34. The second-order valence-electron chi connectivity index (χ2n) is 11.3. The van der Waals surface area contributed by atoms with Gasteiger partial charge in [-0.2, -0.15) is 4.57 Å². The first-order chi connectivity index (χ1) is 18.0. The van der Waals surface area contributed by atoms with Crippen molar-refractivity contribution in [2.45, 2.75) is 63.8 Å². The number of nitrogens with zero attached hydrogens (tertiary/aromatic N) is 2. The molecule has 0 saturated heterocycles. The summed E-state index contributed by atoms with van der Waals surface area (Å²) in [4.78, 5) is 3.71. The molecule has 0 unspecified atom stereocenters. The largest absolute Gasteiger partial charge is 0.335 e. The van der Waals surface area contributed by atoms with Gasteiger partial charge in [-0.25, -0.2) is 8.42 Å². The van der Waals surface area contributed by atoms with Gasteiger partial charge in [0.15, 0.2) is 16.0 Å². The quantitative estimate of drug-likeness (QED) is 0.312. The van der Waals surface area contributed by atoms with E-state index in [1.807, 2.05) is 12.1 Å². The molecule has 0 spiro atoms. The number of hydrogen-bond acceptors (Lipinski definition) is 4. The lowest BCUT2D eigenvalue weighted by Gasteiger charge is -2.31. The van der Waals surface area contributed by atoms with E-state index in [9.17, 15) is 8.42 Å². The van der Waals surface area contributed by atoms with Gasteiger partial charge >= 0.3 is 0 Å². The Kier molecular flexibility index (Phi) is 7.08. The molecule has 3 aromatic rings. The van der Waals surface area contributed by atoms with Crippen LogP contribution < -0.4 is 9.47 Å². The summed E-state index contributed by atoms with van der Waals surface area (Å²) in [5, 5.41) is 2.44. The van der Waals surface area contributed by atoms with Crippen molar-refractivity contribution in [3.8, 4) is 0 Å². The van der Waals surface area contributed by atoms with Crippen LogP contribution in [0.3, 0.4) is 0 Å². The molecule has 6 heteroatoms. The van der Waals surface area contributed by atoms with Crippen molar-refractivity contribution in [1.82, 2.24) is 0 Å². The van der Waals surface area contributed by atoms with Gasteiger partial charge in [-0.05, 0) is 86.1 Å². The second-order valence-corrected chi connectivity index (χ2v) is 14.3. The highest BCUT2D eigenvalue weighted by Crippen LogP contribution is 2.48. The summed E-state index contributed by atoms with van der Waals surface area (Å²) in [5.74, 6) is 0. The van der Waals surface area contributed by atoms with Crippen LogP contribution in [-0.2, 0) is 16.4 Å². The number of rotatable bonds is 5. The van der Waals surface area contributed by atoms with E-state index in [0.717, 1.165) is 41.5 Å². The lowest BCUT2D eigenvalue weighted by atomic mass is 9.75. The van der Waals surface area contributed by atoms with E-state index in [-0.39, 0.29) is 5.41 Å². The molecule has 0 saturated carbocycles. The smallest absolute Gasteiger partial charge is 0.213 e. The highest BCUT2D eigenvalue weighted by atomic mass is 32.2. The maximum atomic E-state index is 12.2. The molecule has 2 aliphatic rings. The SMILES string of the molecule is CCN1/C(=C/C2=CC(=C/c3cc[n+](CC)c4ccc(C)cc34)/CC(C)(C)C2)Sc2ccc(S(C)(=O)=O)cc21. The van der Waals surface area contributed by atoms with Crippen LogP contribution in [0.2, 0.25) is 0 Å². The first kappa shape index (κ1) is 26.8. The van der Waals surface area contributed by atoms with Crippen LogP contribution in [0, 0.1) is 12.3 Å². The molecule has 0 radical (unpaired) electrons. The van der Waals surface area contributed by atoms with Crippen LogP contribution in [0.15, 0.2) is 86.8 Å². The van der Waals surface area contributed by atoms with Crippen LogP contribution in [-0.4, -0.2) is 21.2 Å². The van der Waals surface area contributed by atoms with Crippen LogP contribution in [0.25, 0.3) is 17.0 Å². The fraction of sp³-hybridized carbons (Fsp3) is 0.344. The van der Waals surface area contributed by atoms with Crippen molar-refractivity contribution in [3.05, 3.63) is 88.1 Å². The molecule has 0 bridgehead atoms. The van der Waals surface area contributed by atoms with E-state index in [4.69, 9.17) is 0 Å². The Morgan fingerprint density at radius 2 is 1.84 bits per heavy atom. The van der Waals surface area contributed by atoms with Crippen LogP contribution in [0.1, 0.15) is 51.7 Å². The Balaban J connectivity index is 1.55. The summed E-state index contributed by atoms with van der Waals surface area (Å²) in [6.45, 7) is 12.9. The first-order valence-electron chi connectivity index (χ1n) is 13.3. The van der Waals surface area contributed by atoms with E-state index < -0.39 is 9.84 Å². The van der Waals surface area contributed by atoms with Crippen molar-refractivity contribution >= 4 is 44.3 Å². The molecule has 0 atom stereocenters. The third-order valence-electron chi connectivity index (χ3n) is 7.38. The monoisotopic (exact) mass is 545 g/mol. The molecule has 2 aromatic carbocycles. The lowest BCUT2D eigenvalue weighted by molar-refractivity contribution is -0.667. The Morgan fingerprint density at radius 3 is 2.55 bits per heavy atom. The molecule has 4 nitrogen and oxygen atoms in total.